The van der Waals surface area contributed by atoms with Crippen LogP contribution in [0.3, 0.4) is 0 Å². The van der Waals surface area contributed by atoms with Gasteiger partial charge in [0, 0.05) is 50.6 Å². The van der Waals surface area contributed by atoms with E-state index in [2.05, 4.69) is 4.90 Å². The molecular formula is C33H41N5O6. The minimum Gasteiger partial charge on any atom is -0.440 e. The minimum absolute atomic E-state index is 0.0915. The summed E-state index contributed by atoms with van der Waals surface area (Å²) in [6, 6.07) is 13.5. The smallest absolute Gasteiger partial charge is 0.331 e. The molecular weight excluding hydrogens is 562 g/mol. The lowest BCUT2D eigenvalue weighted by Crippen LogP contribution is -2.54. The lowest BCUT2D eigenvalue weighted by molar-refractivity contribution is -0.168. The van der Waals surface area contributed by atoms with Gasteiger partial charge in [0.1, 0.15) is 6.04 Å². The Morgan fingerprint density at radius 2 is 1.59 bits per heavy atom. The van der Waals surface area contributed by atoms with Crippen molar-refractivity contribution in [2.75, 3.05) is 37.9 Å². The molecule has 2 N–H and O–H groups in total. The second-order valence-corrected chi connectivity index (χ2v) is 12.1. The Morgan fingerprint density at radius 1 is 0.864 bits per heavy atom. The fourth-order valence-corrected chi connectivity index (χ4v) is 6.90. The van der Waals surface area contributed by atoms with E-state index in [1.165, 1.54) is 4.90 Å². The largest absolute Gasteiger partial charge is 0.440 e. The summed E-state index contributed by atoms with van der Waals surface area (Å²) in [5.41, 5.74) is 2.51. The highest BCUT2D eigenvalue weighted by Gasteiger charge is 2.43. The molecule has 234 valence electrons. The van der Waals surface area contributed by atoms with E-state index in [-0.39, 0.29) is 24.9 Å². The molecule has 44 heavy (non-hydrogen) atoms. The highest BCUT2D eigenvalue weighted by Crippen LogP contribution is 2.31. The number of carbonyl (C=O) groups is 4. The topological polar surface area (TPSA) is 126 Å². The van der Waals surface area contributed by atoms with Crippen LogP contribution >= 0.6 is 0 Å². The van der Waals surface area contributed by atoms with Crippen molar-refractivity contribution < 1.29 is 28.7 Å². The summed E-state index contributed by atoms with van der Waals surface area (Å²) in [4.78, 5) is 60.3. The van der Waals surface area contributed by atoms with Crippen LogP contribution in [-0.2, 0) is 36.8 Å². The molecule has 3 aliphatic heterocycles. The molecule has 3 amide bonds. The van der Waals surface area contributed by atoms with Crippen LogP contribution in [0.4, 0.5) is 5.69 Å². The third kappa shape index (κ3) is 6.36. The molecule has 2 aromatic carbocycles. The Hall–Kier alpha value is -3.80. The molecule has 2 unspecified atom stereocenters. The monoisotopic (exact) mass is 603 g/mol. The number of hydrogen-bond acceptors (Lipinski definition) is 8. The van der Waals surface area contributed by atoms with Crippen LogP contribution in [-0.4, -0.2) is 89.6 Å². The first-order valence-corrected chi connectivity index (χ1v) is 15.8. The zero-order valence-electron chi connectivity index (χ0n) is 25.1. The van der Waals surface area contributed by atoms with Gasteiger partial charge in [-0.05, 0) is 48.6 Å². The Morgan fingerprint density at radius 3 is 2.34 bits per heavy atom. The molecule has 0 aromatic heterocycles. The van der Waals surface area contributed by atoms with Crippen LogP contribution in [0.25, 0.3) is 0 Å². The van der Waals surface area contributed by atoms with Crippen molar-refractivity contribution in [3.63, 3.8) is 0 Å². The van der Waals surface area contributed by atoms with Gasteiger partial charge < -0.3 is 14.4 Å². The minimum atomic E-state index is -0.973. The molecule has 1 saturated carbocycles. The van der Waals surface area contributed by atoms with Gasteiger partial charge >= 0.3 is 17.8 Å². The number of morpholine rings is 1. The predicted octanol–water partition coefficient (Wildman–Crippen LogP) is 2.62. The molecule has 2 aromatic rings. The van der Waals surface area contributed by atoms with E-state index in [1.54, 1.807) is 29.2 Å². The van der Waals surface area contributed by atoms with E-state index >= 15 is 0 Å². The maximum atomic E-state index is 14.5. The first kappa shape index (κ1) is 30.2. The maximum absolute atomic E-state index is 14.5. The van der Waals surface area contributed by atoms with Gasteiger partial charge in [-0.15, -0.1) is 0 Å². The Balaban J connectivity index is 1.36. The number of para-hydroxylation sites is 1. The molecule has 3 fully saturated rings. The van der Waals surface area contributed by atoms with Crippen molar-refractivity contribution in [3.05, 3.63) is 65.2 Å². The molecule has 3 heterocycles. The van der Waals surface area contributed by atoms with Crippen LogP contribution in [0, 0.1) is 0 Å². The van der Waals surface area contributed by atoms with Gasteiger partial charge in [0.05, 0.1) is 18.9 Å². The van der Waals surface area contributed by atoms with Gasteiger partial charge in [0.15, 0.2) is 6.23 Å². The van der Waals surface area contributed by atoms with E-state index in [1.807, 2.05) is 24.3 Å². The van der Waals surface area contributed by atoms with E-state index in [0.717, 1.165) is 75.5 Å². The number of rotatable bonds is 5. The average molecular weight is 604 g/mol. The number of benzene rings is 2. The third-order valence-electron chi connectivity index (χ3n) is 9.30. The van der Waals surface area contributed by atoms with Gasteiger partial charge in [-0.3, -0.25) is 24.2 Å². The Kier molecular flexibility index (Phi) is 9.25. The summed E-state index contributed by atoms with van der Waals surface area (Å²) < 4.78 is 11.5. The molecule has 0 bridgehead atoms. The zero-order chi connectivity index (χ0) is 30.6. The van der Waals surface area contributed by atoms with Crippen molar-refractivity contribution in [1.29, 1.82) is 0 Å². The Labute approximate surface area is 257 Å². The average Bonchev–Trinajstić information content (AvgIpc) is 3.52. The molecule has 2 saturated heterocycles. The van der Waals surface area contributed by atoms with Crippen LogP contribution in [0.15, 0.2) is 48.5 Å². The molecule has 6 rings (SSSR count). The number of fused-ring (bicyclic) bond motifs is 2. The fourth-order valence-electron chi connectivity index (χ4n) is 6.90. The summed E-state index contributed by atoms with van der Waals surface area (Å²) in [6.45, 7) is 4.24. The maximum Gasteiger partial charge on any atom is 0.331 e. The standard InChI is InChI=1S/C33H41N5O6/c34-38-27-10-5-4-7-25(27)21-28(33(42)44-29-11-6-16-36(29)31(40)32(38)41)37(26-8-2-1-3-9-26)30(39)24-14-12-23(13-15-24)22-35-17-19-43-20-18-35/h4-5,7,10,12-15,26,28-29H,1-3,6,8-9,11,16-22,34H2. The number of hydrogen-bond donors (Lipinski definition) is 1. The second-order valence-electron chi connectivity index (χ2n) is 12.1. The number of esters is 1. The van der Waals surface area contributed by atoms with Crippen molar-refractivity contribution in [2.45, 2.75) is 76.2 Å². The summed E-state index contributed by atoms with van der Waals surface area (Å²) in [5, 5.41) is 0.861. The molecule has 11 nitrogen and oxygen atoms in total. The number of nitrogens with zero attached hydrogens (tertiary/aromatic N) is 4. The van der Waals surface area contributed by atoms with Crippen LogP contribution in [0.5, 0.6) is 0 Å². The molecule has 4 aliphatic rings. The van der Waals surface area contributed by atoms with Crippen molar-refractivity contribution >= 4 is 29.4 Å². The second kappa shape index (κ2) is 13.5. The molecule has 0 spiro atoms. The van der Waals surface area contributed by atoms with Gasteiger partial charge in [-0.1, -0.05) is 49.6 Å². The van der Waals surface area contributed by atoms with E-state index in [0.29, 0.717) is 29.7 Å². The number of anilines is 1. The van der Waals surface area contributed by atoms with Gasteiger partial charge in [-0.25, -0.2) is 15.6 Å². The van der Waals surface area contributed by atoms with E-state index < -0.39 is 30.1 Å². The first-order valence-electron chi connectivity index (χ1n) is 15.8. The lowest BCUT2D eigenvalue weighted by Gasteiger charge is -2.39. The van der Waals surface area contributed by atoms with Crippen LogP contribution < -0.4 is 10.9 Å². The number of ether oxygens (including phenoxy) is 2. The number of carbonyl (C=O) groups excluding carboxylic acids is 4. The quantitative estimate of drug-likeness (QED) is 0.239. The van der Waals surface area contributed by atoms with Gasteiger partial charge in [0.2, 0.25) is 0 Å². The fraction of sp³-hybridized carbons (Fsp3) is 0.515. The normalized spacial score (nSPS) is 23.9. The predicted molar refractivity (Wildman–Crippen MR) is 162 cm³/mol. The summed E-state index contributed by atoms with van der Waals surface area (Å²) in [7, 11) is 0. The third-order valence-corrected chi connectivity index (χ3v) is 9.30. The lowest BCUT2D eigenvalue weighted by atomic mass is 9.91. The summed E-state index contributed by atoms with van der Waals surface area (Å²) in [5.74, 6) is 3.74. The number of hydrazine groups is 1. The van der Waals surface area contributed by atoms with E-state index in [4.69, 9.17) is 15.3 Å². The van der Waals surface area contributed by atoms with Crippen molar-refractivity contribution in [2.24, 2.45) is 5.84 Å². The molecule has 2 atom stereocenters. The van der Waals surface area contributed by atoms with Gasteiger partial charge in [-0.2, -0.15) is 0 Å². The van der Waals surface area contributed by atoms with Crippen molar-refractivity contribution in [3.8, 4) is 0 Å². The van der Waals surface area contributed by atoms with Crippen LogP contribution in [0.2, 0.25) is 0 Å². The highest BCUT2D eigenvalue weighted by molar-refractivity contribution is 6.40. The van der Waals surface area contributed by atoms with E-state index in [9.17, 15) is 19.2 Å². The number of nitrogens with two attached hydrogens (primary N) is 1. The summed E-state index contributed by atoms with van der Waals surface area (Å²) in [6.07, 6.45) is 4.76. The SMILES string of the molecule is NN1C(=O)C(=O)N2CCCC2OC(=O)C(N(C(=O)c2ccc(CN3CCOCC3)cc2)C2CCCCC2)Cc2ccccc21. The molecule has 1 aliphatic carbocycles. The molecule has 0 radical (unpaired) electrons. The number of amides is 3. The van der Waals surface area contributed by atoms with Crippen LogP contribution in [0.1, 0.15) is 66.4 Å². The Bertz CT molecular complexity index is 1370. The highest BCUT2D eigenvalue weighted by atomic mass is 16.6. The molecule has 11 heteroatoms. The summed E-state index contributed by atoms with van der Waals surface area (Å²) >= 11 is 0. The zero-order valence-corrected chi connectivity index (χ0v) is 25.1. The first-order chi connectivity index (χ1) is 21.4. The van der Waals surface area contributed by atoms with Gasteiger partial charge in [0.25, 0.3) is 5.91 Å². The van der Waals surface area contributed by atoms with Crippen molar-refractivity contribution in [1.82, 2.24) is 14.7 Å².